The van der Waals surface area contributed by atoms with E-state index in [4.69, 9.17) is 5.73 Å². The minimum absolute atomic E-state index is 0.0386. The number of nitrogens with zero attached hydrogens (tertiary/aromatic N) is 1. The van der Waals surface area contributed by atoms with E-state index in [1.807, 2.05) is 26.8 Å². The number of hydrogen-bond acceptors (Lipinski definition) is 4. The molecule has 0 saturated heterocycles. The van der Waals surface area contributed by atoms with Crippen molar-refractivity contribution in [3.8, 4) is 0 Å². The van der Waals surface area contributed by atoms with Crippen LogP contribution in [0.1, 0.15) is 27.2 Å². The maximum atomic E-state index is 14.3. The number of fused-ring (bicyclic) bond motifs is 1. The van der Waals surface area contributed by atoms with Crippen molar-refractivity contribution in [2.24, 2.45) is 5.41 Å². The van der Waals surface area contributed by atoms with Gasteiger partial charge in [-0.2, -0.15) is 0 Å². The van der Waals surface area contributed by atoms with Gasteiger partial charge in [-0.25, -0.2) is 4.39 Å². The largest absolute Gasteiger partial charge is 0.398 e. The summed E-state index contributed by atoms with van der Waals surface area (Å²) in [4.78, 5) is 4.25. The molecule has 0 radical (unpaired) electrons. The summed E-state index contributed by atoms with van der Waals surface area (Å²) >= 11 is 0. The van der Waals surface area contributed by atoms with E-state index in [9.17, 15) is 9.50 Å². The molecular weight excluding hydrogens is 269 g/mol. The number of aliphatic hydroxyl groups excluding tert-OH is 1. The second-order valence-electron chi connectivity index (χ2n) is 6.30. The van der Waals surface area contributed by atoms with Gasteiger partial charge in [-0.1, -0.05) is 20.8 Å². The van der Waals surface area contributed by atoms with Crippen LogP contribution in [0.3, 0.4) is 0 Å². The minimum atomic E-state index is -0.425. The SMILES string of the molecule is CC(C)(C)C(CCO)Nc1c(F)cc(N)c2cccnc12. The number of pyridine rings is 1. The monoisotopic (exact) mass is 291 g/mol. The lowest BCUT2D eigenvalue weighted by Crippen LogP contribution is -2.35. The smallest absolute Gasteiger partial charge is 0.150 e. The molecule has 0 spiro atoms. The summed E-state index contributed by atoms with van der Waals surface area (Å²) in [6.07, 6.45) is 2.15. The lowest BCUT2D eigenvalue weighted by atomic mass is 9.84. The number of nitrogens with one attached hydrogen (secondary N) is 1. The fourth-order valence-corrected chi connectivity index (χ4v) is 2.40. The first-order valence-corrected chi connectivity index (χ1v) is 7.04. The summed E-state index contributed by atoms with van der Waals surface area (Å²) in [6.45, 7) is 6.18. The molecule has 1 atom stereocenters. The predicted molar refractivity (Wildman–Crippen MR) is 84.7 cm³/mol. The van der Waals surface area contributed by atoms with Gasteiger partial charge < -0.3 is 16.2 Å². The molecule has 4 nitrogen and oxygen atoms in total. The second kappa shape index (κ2) is 5.85. The molecule has 4 N–H and O–H groups in total. The van der Waals surface area contributed by atoms with Crippen LogP contribution in [0.25, 0.3) is 10.9 Å². The average molecular weight is 291 g/mol. The molecule has 1 aromatic carbocycles. The van der Waals surface area contributed by atoms with Crippen molar-refractivity contribution in [1.82, 2.24) is 4.98 Å². The Labute approximate surface area is 124 Å². The first-order valence-electron chi connectivity index (χ1n) is 7.04. The van der Waals surface area contributed by atoms with Gasteiger partial charge in [0.05, 0.1) is 11.2 Å². The van der Waals surface area contributed by atoms with Crippen LogP contribution in [0.15, 0.2) is 24.4 Å². The Morgan fingerprint density at radius 3 is 2.76 bits per heavy atom. The molecule has 21 heavy (non-hydrogen) atoms. The van der Waals surface area contributed by atoms with Gasteiger partial charge in [0.2, 0.25) is 0 Å². The first-order chi connectivity index (χ1) is 9.84. The van der Waals surface area contributed by atoms with Crippen LogP contribution < -0.4 is 11.1 Å². The quantitative estimate of drug-likeness (QED) is 0.757. The Hall–Kier alpha value is -1.88. The predicted octanol–water partition coefficient (Wildman–Crippen LogP) is 3.17. The Bertz CT molecular complexity index is 637. The molecule has 0 saturated carbocycles. The number of hydrogen-bond donors (Lipinski definition) is 3. The van der Waals surface area contributed by atoms with E-state index in [0.717, 1.165) is 5.39 Å². The van der Waals surface area contributed by atoms with Gasteiger partial charge in [0.1, 0.15) is 0 Å². The Kier molecular flexibility index (Phi) is 4.32. The third kappa shape index (κ3) is 3.24. The maximum Gasteiger partial charge on any atom is 0.150 e. The highest BCUT2D eigenvalue weighted by Crippen LogP contribution is 2.33. The van der Waals surface area contributed by atoms with Crippen LogP contribution in [0, 0.1) is 11.2 Å². The highest BCUT2D eigenvalue weighted by Gasteiger charge is 2.26. The van der Waals surface area contributed by atoms with E-state index >= 15 is 0 Å². The maximum absolute atomic E-state index is 14.3. The second-order valence-corrected chi connectivity index (χ2v) is 6.30. The fraction of sp³-hybridized carbons (Fsp3) is 0.438. The number of anilines is 2. The van der Waals surface area contributed by atoms with E-state index in [0.29, 0.717) is 23.3 Å². The number of aromatic nitrogens is 1. The number of rotatable bonds is 4. The van der Waals surface area contributed by atoms with Crippen LogP contribution in [-0.4, -0.2) is 22.7 Å². The summed E-state index contributed by atoms with van der Waals surface area (Å²) < 4.78 is 14.3. The molecule has 5 heteroatoms. The molecule has 2 aromatic rings. The molecule has 0 aliphatic heterocycles. The Morgan fingerprint density at radius 2 is 2.14 bits per heavy atom. The van der Waals surface area contributed by atoms with Crippen molar-refractivity contribution in [2.75, 3.05) is 17.7 Å². The van der Waals surface area contributed by atoms with Gasteiger partial charge in [-0.15, -0.1) is 0 Å². The van der Waals surface area contributed by atoms with Crippen LogP contribution in [0.2, 0.25) is 0 Å². The number of halogens is 1. The van der Waals surface area contributed by atoms with Crippen LogP contribution in [0.5, 0.6) is 0 Å². The summed E-state index contributed by atoms with van der Waals surface area (Å²) in [5.74, 6) is -0.425. The van der Waals surface area contributed by atoms with Crippen LogP contribution in [-0.2, 0) is 0 Å². The molecule has 114 valence electrons. The average Bonchev–Trinajstić information content (AvgIpc) is 2.41. The molecule has 2 rings (SSSR count). The number of aliphatic hydroxyl groups is 1. The van der Waals surface area contributed by atoms with Gasteiger partial charge in [0, 0.05) is 29.9 Å². The molecular formula is C16H22FN3O. The highest BCUT2D eigenvalue weighted by molar-refractivity contribution is 5.98. The molecule has 1 unspecified atom stereocenters. The molecule has 0 fully saturated rings. The van der Waals surface area contributed by atoms with Gasteiger partial charge in [0.25, 0.3) is 0 Å². The molecule has 1 heterocycles. The van der Waals surface area contributed by atoms with E-state index in [2.05, 4.69) is 10.3 Å². The van der Waals surface area contributed by atoms with Crippen molar-refractivity contribution in [3.05, 3.63) is 30.2 Å². The van der Waals surface area contributed by atoms with Crippen LogP contribution in [0.4, 0.5) is 15.8 Å². The topological polar surface area (TPSA) is 71.2 Å². The molecule has 1 aromatic heterocycles. The summed E-state index contributed by atoms with van der Waals surface area (Å²) in [5.41, 5.74) is 6.95. The standard InChI is InChI=1S/C16H22FN3O/c1-16(2,3)13(6-8-21)20-15-11(17)9-12(18)10-5-4-7-19-14(10)15/h4-5,7,9,13,20-21H,6,8,18H2,1-3H3. The Balaban J connectivity index is 2.51. The number of nitrogens with two attached hydrogens (primary N) is 1. The van der Waals surface area contributed by atoms with Gasteiger partial charge in [0.15, 0.2) is 5.82 Å². The van der Waals surface area contributed by atoms with E-state index in [-0.39, 0.29) is 18.1 Å². The molecule has 0 amide bonds. The van der Waals surface area contributed by atoms with Crippen molar-refractivity contribution >= 4 is 22.3 Å². The summed E-state index contributed by atoms with van der Waals surface area (Å²) in [6, 6.07) is 4.83. The summed E-state index contributed by atoms with van der Waals surface area (Å²) in [5, 5.41) is 13.2. The third-order valence-corrected chi connectivity index (χ3v) is 3.66. The third-order valence-electron chi connectivity index (χ3n) is 3.66. The molecule has 0 aliphatic carbocycles. The van der Waals surface area contributed by atoms with E-state index in [1.165, 1.54) is 6.07 Å². The number of benzene rings is 1. The van der Waals surface area contributed by atoms with Crippen molar-refractivity contribution in [1.29, 1.82) is 0 Å². The normalized spacial score (nSPS) is 13.4. The zero-order valence-corrected chi connectivity index (χ0v) is 12.7. The van der Waals surface area contributed by atoms with Gasteiger partial charge in [-0.05, 0) is 30.0 Å². The van der Waals surface area contributed by atoms with Crippen molar-refractivity contribution in [2.45, 2.75) is 33.2 Å². The zero-order valence-electron chi connectivity index (χ0n) is 12.7. The van der Waals surface area contributed by atoms with Crippen molar-refractivity contribution < 1.29 is 9.50 Å². The number of nitrogen functional groups attached to an aromatic ring is 1. The van der Waals surface area contributed by atoms with Crippen molar-refractivity contribution in [3.63, 3.8) is 0 Å². The zero-order chi connectivity index (χ0) is 15.6. The van der Waals surface area contributed by atoms with E-state index < -0.39 is 5.82 Å². The summed E-state index contributed by atoms with van der Waals surface area (Å²) in [7, 11) is 0. The van der Waals surface area contributed by atoms with Gasteiger partial charge >= 0.3 is 0 Å². The first kappa shape index (κ1) is 15.5. The van der Waals surface area contributed by atoms with Gasteiger partial charge in [-0.3, -0.25) is 4.98 Å². The van der Waals surface area contributed by atoms with E-state index in [1.54, 1.807) is 12.3 Å². The molecule has 0 aliphatic rings. The Morgan fingerprint density at radius 1 is 1.43 bits per heavy atom. The molecule has 0 bridgehead atoms. The highest BCUT2D eigenvalue weighted by atomic mass is 19.1. The van der Waals surface area contributed by atoms with Crippen LogP contribution >= 0.6 is 0 Å². The lowest BCUT2D eigenvalue weighted by molar-refractivity contribution is 0.235. The lowest BCUT2D eigenvalue weighted by Gasteiger charge is -2.32. The minimum Gasteiger partial charge on any atom is -0.398 e. The fourth-order valence-electron chi connectivity index (χ4n) is 2.40.